The van der Waals surface area contributed by atoms with Crippen molar-refractivity contribution in [2.45, 2.75) is 44.2 Å². The summed E-state index contributed by atoms with van der Waals surface area (Å²) in [6.07, 6.45) is 6.80. The second-order valence-corrected chi connectivity index (χ2v) is 4.33. The van der Waals surface area contributed by atoms with E-state index in [-0.39, 0.29) is 0 Å². The molecule has 0 spiro atoms. The number of halogens is 1. The van der Waals surface area contributed by atoms with Crippen LogP contribution in [0, 0.1) is 5.92 Å². The predicted octanol–water partition coefficient (Wildman–Crippen LogP) is 2.15. The lowest BCUT2D eigenvalue weighted by molar-refractivity contribution is 0.294. The molecule has 2 fully saturated rings. The summed E-state index contributed by atoms with van der Waals surface area (Å²) in [6.45, 7) is 0. The highest BCUT2D eigenvalue weighted by Gasteiger charge is 2.32. The standard InChI is InChI=1S/C9H16ClN/c10-4-3-7-5-8-1-2-9(6-7)11-8/h7-9,11H,1-6H2. The smallest absolute Gasteiger partial charge is 0.0226 e. The Hall–Kier alpha value is 0.250. The zero-order chi connectivity index (χ0) is 7.68. The molecule has 2 bridgehead atoms. The van der Waals surface area contributed by atoms with Gasteiger partial charge in [0.15, 0.2) is 0 Å². The quantitative estimate of drug-likeness (QED) is 0.631. The molecule has 0 amide bonds. The Bertz CT molecular complexity index is 126. The van der Waals surface area contributed by atoms with Crippen LogP contribution in [0.25, 0.3) is 0 Å². The van der Waals surface area contributed by atoms with Crippen molar-refractivity contribution in [2.24, 2.45) is 5.92 Å². The molecule has 2 aliphatic heterocycles. The molecule has 0 aromatic carbocycles. The molecule has 0 saturated carbocycles. The van der Waals surface area contributed by atoms with Gasteiger partial charge in [0.25, 0.3) is 0 Å². The number of nitrogens with one attached hydrogen (secondary N) is 1. The molecule has 64 valence electrons. The maximum atomic E-state index is 5.73. The van der Waals surface area contributed by atoms with Gasteiger partial charge in [-0.3, -0.25) is 0 Å². The van der Waals surface area contributed by atoms with E-state index in [9.17, 15) is 0 Å². The van der Waals surface area contributed by atoms with Crippen molar-refractivity contribution in [1.29, 1.82) is 0 Å². The Morgan fingerprint density at radius 2 is 1.82 bits per heavy atom. The normalized spacial score (nSPS) is 42.8. The Morgan fingerprint density at radius 1 is 1.18 bits per heavy atom. The van der Waals surface area contributed by atoms with Crippen molar-refractivity contribution >= 4 is 11.6 Å². The summed E-state index contributed by atoms with van der Waals surface area (Å²) < 4.78 is 0. The first kappa shape index (κ1) is 7.88. The van der Waals surface area contributed by atoms with Crippen LogP contribution in [0.15, 0.2) is 0 Å². The molecule has 1 N–H and O–H groups in total. The van der Waals surface area contributed by atoms with E-state index in [4.69, 9.17) is 11.6 Å². The molecule has 1 nitrogen and oxygen atoms in total. The average molecular weight is 174 g/mol. The van der Waals surface area contributed by atoms with Gasteiger partial charge in [0.1, 0.15) is 0 Å². The second-order valence-electron chi connectivity index (χ2n) is 3.95. The molecule has 0 radical (unpaired) electrons. The maximum absolute atomic E-state index is 5.73. The first-order chi connectivity index (χ1) is 5.38. The van der Waals surface area contributed by atoms with Crippen LogP contribution in [0.1, 0.15) is 32.1 Å². The van der Waals surface area contributed by atoms with Gasteiger partial charge in [-0.25, -0.2) is 0 Å². The van der Waals surface area contributed by atoms with Gasteiger partial charge in [0, 0.05) is 18.0 Å². The number of rotatable bonds is 2. The predicted molar refractivity (Wildman–Crippen MR) is 48.0 cm³/mol. The van der Waals surface area contributed by atoms with Crippen molar-refractivity contribution in [2.75, 3.05) is 5.88 Å². The SMILES string of the molecule is ClCCC1CC2CCC(C1)N2. The first-order valence-corrected chi connectivity index (χ1v) is 5.24. The van der Waals surface area contributed by atoms with Crippen molar-refractivity contribution in [3.8, 4) is 0 Å². The molecule has 2 atom stereocenters. The van der Waals surface area contributed by atoms with Gasteiger partial charge in [-0.05, 0) is 38.0 Å². The third-order valence-corrected chi connectivity index (χ3v) is 3.31. The highest BCUT2D eigenvalue weighted by Crippen LogP contribution is 2.32. The Morgan fingerprint density at radius 3 is 2.36 bits per heavy atom. The summed E-state index contributed by atoms with van der Waals surface area (Å²) in [5, 5.41) is 3.64. The third-order valence-electron chi connectivity index (χ3n) is 3.09. The van der Waals surface area contributed by atoms with Gasteiger partial charge in [0.2, 0.25) is 0 Å². The van der Waals surface area contributed by atoms with Crippen LogP contribution >= 0.6 is 11.6 Å². The van der Waals surface area contributed by atoms with E-state index in [1.54, 1.807) is 0 Å². The molecule has 2 rings (SSSR count). The van der Waals surface area contributed by atoms with Gasteiger partial charge in [-0.1, -0.05) is 0 Å². The van der Waals surface area contributed by atoms with Crippen LogP contribution < -0.4 is 5.32 Å². The summed E-state index contributed by atoms with van der Waals surface area (Å²) in [5.74, 6) is 1.77. The summed E-state index contributed by atoms with van der Waals surface area (Å²) in [6, 6.07) is 1.67. The minimum absolute atomic E-state index is 0.835. The van der Waals surface area contributed by atoms with Crippen LogP contribution in [0.5, 0.6) is 0 Å². The molecular formula is C9H16ClN. The van der Waals surface area contributed by atoms with E-state index in [0.717, 1.165) is 23.9 Å². The van der Waals surface area contributed by atoms with Gasteiger partial charge in [-0.2, -0.15) is 0 Å². The average Bonchev–Trinajstić information content (AvgIpc) is 2.32. The van der Waals surface area contributed by atoms with E-state index in [2.05, 4.69) is 5.32 Å². The van der Waals surface area contributed by atoms with E-state index in [1.165, 1.54) is 32.1 Å². The van der Waals surface area contributed by atoms with Crippen LogP contribution in [0.2, 0.25) is 0 Å². The molecule has 0 aromatic rings. The minimum Gasteiger partial charge on any atom is -0.311 e. The van der Waals surface area contributed by atoms with Gasteiger partial charge in [-0.15, -0.1) is 11.6 Å². The monoisotopic (exact) mass is 173 g/mol. The Balaban J connectivity index is 1.87. The molecule has 2 unspecified atom stereocenters. The first-order valence-electron chi connectivity index (χ1n) is 4.70. The summed E-state index contributed by atoms with van der Waals surface area (Å²) in [4.78, 5) is 0. The molecule has 2 saturated heterocycles. The van der Waals surface area contributed by atoms with E-state index in [0.29, 0.717) is 0 Å². The van der Waals surface area contributed by atoms with E-state index < -0.39 is 0 Å². The minimum atomic E-state index is 0.835. The van der Waals surface area contributed by atoms with Crippen molar-refractivity contribution in [3.05, 3.63) is 0 Å². The lowest BCUT2D eigenvalue weighted by atomic mass is 9.90. The molecule has 0 aromatic heterocycles. The Kier molecular flexibility index (Phi) is 2.38. The summed E-state index contributed by atoms with van der Waals surface area (Å²) in [5.41, 5.74) is 0. The van der Waals surface area contributed by atoms with Crippen LogP contribution in [0.4, 0.5) is 0 Å². The number of hydrogen-bond donors (Lipinski definition) is 1. The number of fused-ring (bicyclic) bond motifs is 2. The van der Waals surface area contributed by atoms with E-state index >= 15 is 0 Å². The van der Waals surface area contributed by atoms with Crippen LogP contribution in [-0.4, -0.2) is 18.0 Å². The molecular weight excluding hydrogens is 158 g/mol. The second kappa shape index (κ2) is 3.32. The third kappa shape index (κ3) is 1.70. The largest absolute Gasteiger partial charge is 0.311 e. The van der Waals surface area contributed by atoms with Gasteiger partial charge >= 0.3 is 0 Å². The summed E-state index contributed by atoms with van der Waals surface area (Å²) >= 11 is 5.73. The number of alkyl halides is 1. The highest BCUT2D eigenvalue weighted by molar-refractivity contribution is 6.17. The fraction of sp³-hybridized carbons (Fsp3) is 1.00. The lowest BCUT2D eigenvalue weighted by Crippen LogP contribution is -2.38. The molecule has 0 aliphatic carbocycles. The summed E-state index contributed by atoms with van der Waals surface area (Å²) in [7, 11) is 0. The molecule has 2 heteroatoms. The highest BCUT2D eigenvalue weighted by atomic mass is 35.5. The molecule has 2 aliphatic rings. The van der Waals surface area contributed by atoms with Crippen molar-refractivity contribution in [3.63, 3.8) is 0 Å². The zero-order valence-electron chi connectivity index (χ0n) is 6.85. The fourth-order valence-corrected chi connectivity index (χ4v) is 2.87. The fourth-order valence-electron chi connectivity index (χ4n) is 2.57. The van der Waals surface area contributed by atoms with Crippen LogP contribution in [0.3, 0.4) is 0 Å². The van der Waals surface area contributed by atoms with Gasteiger partial charge < -0.3 is 5.32 Å². The van der Waals surface area contributed by atoms with Gasteiger partial charge in [0.05, 0.1) is 0 Å². The van der Waals surface area contributed by atoms with Crippen molar-refractivity contribution in [1.82, 2.24) is 5.32 Å². The lowest BCUT2D eigenvalue weighted by Gasteiger charge is -2.28. The number of hydrogen-bond acceptors (Lipinski definition) is 1. The zero-order valence-corrected chi connectivity index (χ0v) is 7.61. The van der Waals surface area contributed by atoms with Crippen LogP contribution in [-0.2, 0) is 0 Å². The Labute approximate surface area is 73.5 Å². The topological polar surface area (TPSA) is 12.0 Å². The molecule has 11 heavy (non-hydrogen) atoms. The maximum Gasteiger partial charge on any atom is 0.0226 e. The number of piperidine rings is 1. The molecule has 2 heterocycles. The van der Waals surface area contributed by atoms with Crippen molar-refractivity contribution < 1.29 is 0 Å². The van der Waals surface area contributed by atoms with E-state index in [1.807, 2.05) is 0 Å².